The first-order chi connectivity index (χ1) is 11.2. The minimum absolute atomic E-state index is 0.0487. The molecule has 3 N–H and O–H groups in total. The molecule has 0 bridgehead atoms. The maximum atomic E-state index is 11.9. The van der Waals surface area contributed by atoms with Crippen LogP contribution in [0.3, 0.4) is 0 Å². The molecule has 1 aromatic heterocycles. The molecule has 1 atom stereocenters. The van der Waals surface area contributed by atoms with Gasteiger partial charge in [-0.2, -0.15) is 0 Å². The second-order valence-electron chi connectivity index (χ2n) is 5.14. The molecule has 0 fully saturated rings. The molecule has 5 nitrogen and oxygen atoms in total. The van der Waals surface area contributed by atoms with Crippen LogP contribution in [0.1, 0.15) is 22.1 Å². The van der Waals surface area contributed by atoms with Crippen molar-refractivity contribution in [2.45, 2.75) is 19.6 Å². The zero-order chi connectivity index (χ0) is 16.5. The molecule has 0 radical (unpaired) electrons. The minimum atomic E-state index is -0.282. The van der Waals surface area contributed by atoms with Crippen LogP contribution in [0.5, 0.6) is 0 Å². The molecule has 1 heterocycles. The van der Waals surface area contributed by atoms with Crippen molar-refractivity contribution in [1.82, 2.24) is 10.6 Å². The Labute approximate surface area is 140 Å². The van der Waals surface area contributed by atoms with E-state index >= 15 is 0 Å². The Balaban J connectivity index is 1.84. The molecule has 0 saturated heterocycles. The highest BCUT2D eigenvalue weighted by molar-refractivity contribution is 7.09. The van der Waals surface area contributed by atoms with Gasteiger partial charge in [-0.15, -0.1) is 11.3 Å². The van der Waals surface area contributed by atoms with Gasteiger partial charge in [0.05, 0.1) is 25.9 Å². The highest BCUT2D eigenvalue weighted by Crippen LogP contribution is 2.17. The zero-order valence-corrected chi connectivity index (χ0v) is 13.9. The van der Waals surface area contributed by atoms with Crippen LogP contribution in [0.15, 0.2) is 41.8 Å². The van der Waals surface area contributed by atoms with E-state index in [0.29, 0.717) is 13.1 Å². The molecule has 2 rings (SSSR count). The van der Waals surface area contributed by atoms with Gasteiger partial charge in [-0.25, -0.2) is 4.79 Å². The molecule has 0 aliphatic carbocycles. The van der Waals surface area contributed by atoms with Crippen molar-refractivity contribution in [1.29, 1.82) is 0 Å². The van der Waals surface area contributed by atoms with E-state index in [0.717, 1.165) is 16.0 Å². The molecule has 6 heteroatoms. The predicted molar refractivity (Wildman–Crippen MR) is 91.5 cm³/mol. The summed E-state index contributed by atoms with van der Waals surface area (Å²) in [5.74, 6) is 0. The topological polar surface area (TPSA) is 70.6 Å². The lowest BCUT2D eigenvalue weighted by Crippen LogP contribution is -2.37. The summed E-state index contributed by atoms with van der Waals surface area (Å²) in [5, 5.41) is 16.6. The van der Waals surface area contributed by atoms with Gasteiger partial charge in [0.25, 0.3) is 0 Å². The molecular formula is C17H22N2O3S. The standard InChI is InChI=1S/C17H22N2O3S/c1-13-4-6-14(7-5-13)16(22-9-8-20)12-19-17(21)18-11-15-3-2-10-23-15/h2-7,10,16,20H,8-9,11-12H2,1H3,(H2,18,19,21). The van der Waals surface area contributed by atoms with E-state index in [1.54, 1.807) is 11.3 Å². The van der Waals surface area contributed by atoms with Gasteiger partial charge in [0, 0.05) is 11.4 Å². The minimum Gasteiger partial charge on any atom is -0.394 e. The van der Waals surface area contributed by atoms with E-state index < -0.39 is 0 Å². The van der Waals surface area contributed by atoms with Gasteiger partial charge in [-0.3, -0.25) is 0 Å². The number of carbonyl (C=O) groups is 1. The Kier molecular flexibility index (Phi) is 7.06. The predicted octanol–water partition coefficient (Wildman–Crippen LogP) is 2.61. The van der Waals surface area contributed by atoms with E-state index in [1.807, 2.05) is 48.7 Å². The summed E-state index contributed by atoms with van der Waals surface area (Å²) in [5.41, 5.74) is 2.14. The first-order valence-electron chi connectivity index (χ1n) is 7.52. The summed E-state index contributed by atoms with van der Waals surface area (Å²) >= 11 is 1.60. The van der Waals surface area contributed by atoms with Crippen LogP contribution in [0.4, 0.5) is 4.79 Å². The number of aliphatic hydroxyl groups is 1. The van der Waals surface area contributed by atoms with E-state index in [9.17, 15) is 4.79 Å². The van der Waals surface area contributed by atoms with Crippen LogP contribution in [-0.2, 0) is 11.3 Å². The Morgan fingerprint density at radius 1 is 1.26 bits per heavy atom. The van der Waals surface area contributed by atoms with Crippen LogP contribution in [-0.4, -0.2) is 30.9 Å². The van der Waals surface area contributed by atoms with Crippen LogP contribution >= 0.6 is 11.3 Å². The number of hydrogen-bond acceptors (Lipinski definition) is 4. The number of ether oxygens (including phenoxy) is 1. The average Bonchev–Trinajstić information content (AvgIpc) is 3.07. The average molecular weight is 334 g/mol. The molecule has 0 aliphatic rings. The van der Waals surface area contributed by atoms with Gasteiger partial charge in [-0.1, -0.05) is 35.9 Å². The fraction of sp³-hybridized carbons (Fsp3) is 0.353. The highest BCUT2D eigenvalue weighted by Gasteiger charge is 2.13. The molecular weight excluding hydrogens is 312 g/mol. The molecule has 2 aromatic rings. The van der Waals surface area contributed by atoms with Crippen molar-refractivity contribution >= 4 is 17.4 Å². The number of hydrogen-bond donors (Lipinski definition) is 3. The van der Waals surface area contributed by atoms with Crippen LogP contribution in [0.2, 0.25) is 0 Å². The third-order valence-corrected chi connectivity index (χ3v) is 4.19. The number of benzene rings is 1. The summed E-state index contributed by atoms with van der Waals surface area (Å²) in [7, 11) is 0. The van der Waals surface area contributed by atoms with Crippen LogP contribution in [0.25, 0.3) is 0 Å². The van der Waals surface area contributed by atoms with Gasteiger partial charge in [-0.05, 0) is 23.9 Å². The SMILES string of the molecule is Cc1ccc(C(CNC(=O)NCc2cccs2)OCCO)cc1. The van der Waals surface area contributed by atoms with Gasteiger partial charge < -0.3 is 20.5 Å². The Morgan fingerprint density at radius 3 is 2.70 bits per heavy atom. The van der Waals surface area contributed by atoms with Crippen LogP contribution in [0, 0.1) is 6.92 Å². The van der Waals surface area contributed by atoms with Gasteiger partial charge in [0.1, 0.15) is 0 Å². The van der Waals surface area contributed by atoms with Crippen molar-refractivity contribution in [3.63, 3.8) is 0 Å². The quantitative estimate of drug-likeness (QED) is 0.695. The number of nitrogens with one attached hydrogen (secondary N) is 2. The largest absolute Gasteiger partial charge is 0.394 e. The number of rotatable bonds is 8. The van der Waals surface area contributed by atoms with Crippen LogP contribution < -0.4 is 10.6 Å². The maximum absolute atomic E-state index is 11.9. The van der Waals surface area contributed by atoms with Gasteiger partial charge in [0.15, 0.2) is 0 Å². The number of thiophene rings is 1. The third-order valence-electron chi connectivity index (χ3n) is 3.31. The zero-order valence-electron chi connectivity index (χ0n) is 13.1. The van der Waals surface area contributed by atoms with Crippen molar-refractivity contribution < 1.29 is 14.6 Å². The van der Waals surface area contributed by atoms with Gasteiger partial charge >= 0.3 is 6.03 Å². The van der Waals surface area contributed by atoms with Crippen molar-refractivity contribution in [3.8, 4) is 0 Å². The molecule has 124 valence electrons. The van der Waals surface area contributed by atoms with Gasteiger partial charge in [0.2, 0.25) is 0 Å². The van der Waals surface area contributed by atoms with E-state index in [2.05, 4.69) is 10.6 Å². The Hall–Kier alpha value is -1.89. The Bertz CT molecular complexity index is 584. The summed E-state index contributed by atoms with van der Waals surface area (Å²) in [6, 6.07) is 11.7. The number of carbonyl (C=O) groups excluding carboxylic acids is 1. The normalized spacial score (nSPS) is 11.9. The lowest BCUT2D eigenvalue weighted by Gasteiger charge is -2.19. The number of urea groups is 1. The monoisotopic (exact) mass is 334 g/mol. The molecule has 0 saturated carbocycles. The molecule has 0 spiro atoms. The number of aryl methyl sites for hydroxylation is 1. The smallest absolute Gasteiger partial charge is 0.315 e. The third kappa shape index (κ3) is 6.02. The second-order valence-corrected chi connectivity index (χ2v) is 6.17. The first kappa shape index (κ1) is 17.5. The molecule has 1 aromatic carbocycles. The van der Waals surface area contributed by atoms with Crippen molar-refractivity contribution in [2.24, 2.45) is 0 Å². The first-order valence-corrected chi connectivity index (χ1v) is 8.40. The fourth-order valence-corrected chi connectivity index (χ4v) is 2.72. The number of amides is 2. The summed E-state index contributed by atoms with van der Waals surface area (Å²) in [6.07, 6.45) is -0.282. The molecule has 1 unspecified atom stereocenters. The fourth-order valence-electron chi connectivity index (χ4n) is 2.08. The van der Waals surface area contributed by atoms with Crippen molar-refractivity contribution in [2.75, 3.05) is 19.8 Å². The summed E-state index contributed by atoms with van der Waals surface area (Å²) in [4.78, 5) is 13.0. The molecule has 0 aliphatic heterocycles. The number of aliphatic hydroxyl groups excluding tert-OH is 1. The molecule has 23 heavy (non-hydrogen) atoms. The second kappa shape index (κ2) is 9.29. The Morgan fingerprint density at radius 2 is 2.04 bits per heavy atom. The van der Waals surface area contributed by atoms with E-state index in [1.165, 1.54) is 0 Å². The van der Waals surface area contributed by atoms with E-state index in [-0.39, 0.29) is 25.3 Å². The van der Waals surface area contributed by atoms with E-state index in [4.69, 9.17) is 9.84 Å². The molecule has 2 amide bonds. The maximum Gasteiger partial charge on any atom is 0.315 e. The highest BCUT2D eigenvalue weighted by atomic mass is 32.1. The van der Waals surface area contributed by atoms with Crippen molar-refractivity contribution in [3.05, 3.63) is 57.8 Å². The lowest BCUT2D eigenvalue weighted by molar-refractivity contribution is 0.0294. The lowest BCUT2D eigenvalue weighted by atomic mass is 10.1. The summed E-state index contributed by atoms with van der Waals surface area (Å²) in [6.45, 7) is 3.06. The summed E-state index contributed by atoms with van der Waals surface area (Å²) < 4.78 is 5.63.